The molecule has 5 nitrogen and oxygen atoms in total. The molecule has 3 unspecified atom stereocenters. The summed E-state index contributed by atoms with van der Waals surface area (Å²) < 4.78 is 5.38. The fourth-order valence-electron chi connectivity index (χ4n) is 3.79. The molecule has 0 spiro atoms. The van der Waals surface area contributed by atoms with Gasteiger partial charge in [0.1, 0.15) is 6.10 Å². The van der Waals surface area contributed by atoms with E-state index >= 15 is 0 Å². The van der Waals surface area contributed by atoms with Crippen LogP contribution in [0.4, 0.5) is 4.79 Å². The number of fused-ring (bicyclic) bond motifs is 1. The number of carbonyl (C=O) groups excluding carboxylic acids is 1. The van der Waals surface area contributed by atoms with Gasteiger partial charge in [0.05, 0.1) is 17.0 Å². The Balaban J connectivity index is 1.66. The number of nitrogens with two attached hydrogens (primary N) is 1. The highest BCUT2D eigenvalue weighted by Crippen LogP contribution is 2.37. The van der Waals surface area contributed by atoms with E-state index in [-0.39, 0.29) is 12.0 Å². The second-order valence-corrected chi connectivity index (χ2v) is 8.07. The standard InChI is InChI=1S/C22H23N3O2S/c1-14(27-22(23)26)20(18-12-24-19-10-6-5-9-17(18)19)21-25-16(13-28-21)11-15-7-3-2-4-8-15/h2-10,12,14,16,20,24H,11,13H2,1H3,(H2,23,26). The molecule has 0 saturated carbocycles. The highest BCUT2D eigenvalue weighted by atomic mass is 32.2. The van der Waals surface area contributed by atoms with Crippen molar-refractivity contribution >= 4 is 33.8 Å². The second kappa shape index (κ2) is 8.10. The molecule has 0 saturated heterocycles. The summed E-state index contributed by atoms with van der Waals surface area (Å²) in [5.74, 6) is 0.779. The molecule has 28 heavy (non-hydrogen) atoms. The molecule has 0 bridgehead atoms. The van der Waals surface area contributed by atoms with Gasteiger partial charge in [0, 0.05) is 22.9 Å². The predicted molar refractivity (Wildman–Crippen MR) is 115 cm³/mol. The molecular formula is C22H23N3O2S. The third kappa shape index (κ3) is 3.92. The fourth-order valence-corrected chi connectivity index (χ4v) is 5.06. The number of hydrogen-bond acceptors (Lipinski definition) is 4. The molecule has 3 aromatic rings. The molecule has 2 heterocycles. The number of primary amides is 1. The summed E-state index contributed by atoms with van der Waals surface area (Å²) >= 11 is 1.74. The van der Waals surface area contributed by atoms with E-state index in [0.717, 1.165) is 33.7 Å². The smallest absolute Gasteiger partial charge is 0.404 e. The van der Waals surface area contributed by atoms with E-state index in [2.05, 4.69) is 35.3 Å². The first-order valence-electron chi connectivity index (χ1n) is 9.38. The molecule has 1 aliphatic heterocycles. The average Bonchev–Trinajstić information content (AvgIpc) is 3.30. The Morgan fingerprint density at radius 1 is 1.25 bits per heavy atom. The maximum Gasteiger partial charge on any atom is 0.404 e. The van der Waals surface area contributed by atoms with Gasteiger partial charge in [0.25, 0.3) is 0 Å². The molecule has 3 atom stereocenters. The van der Waals surface area contributed by atoms with E-state index < -0.39 is 12.2 Å². The molecule has 0 radical (unpaired) electrons. The predicted octanol–water partition coefficient (Wildman–Crippen LogP) is 4.49. The maximum atomic E-state index is 11.4. The van der Waals surface area contributed by atoms with E-state index in [1.807, 2.05) is 37.4 Å². The van der Waals surface area contributed by atoms with E-state index in [1.54, 1.807) is 11.8 Å². The number of carbonyl (C=O) groups is 1. The van der Waals surface area contributed by atoms with Gasteiger partial charge in [-0.05, 0) is 30.5 Å². The number of hydrogen-bond donors (Lipinski definition) is 2. The number of rotatable bonds is 6. The molecule has 0 aliphatic carbocycles. The van der Waals surface area contributed by atoms with Gasteiger partial charge in [-0.2, -0.15) is 0 Å². The number of amides is 1. The average molecular weight is 394 g/mol. The maximum absolute atomic E-state index is 11.4. The van der Waals surface area contributed by atoms with E-state index in [9.17, 15) is 4.79 Å². The number of nitrogens with one attached hydrogen (secondary N) is 1. The van der Waals surface area contributed by atoms with Crippen molar-refractivity contribution in [3.05, 3.63) is 71.9 Å². The Kier molecular flexibility index (Phi) is 5.39. The molecule has 1 aromatic heterocycles. The molecule has 2 aromatic carbocycles. The zero-order valence-electron chi connectivity index (χ0n) is 15.7. The van der Waals surface area contributed by atoms with Crippen molar-refractivity contribution in [1.29, 1.82) is 0 Å². The molecule has 0 fully saturated rings. The first-order valence-corrected chi connectivity index (χ1v) is 10.4. The number of para-hydroxylation sites is 1. The topological polar surface area (TPSA) is 80.5 Å². The lowest BCUT2D eigenvalue weighted by Gasteiger charge is -2.23. The van der Waals surface area contributed by atoms with Gasteiger partial charge in [0.15, 0.2) is 0 Å². The molecular weight excluding hydrogens is 370 g/mol. The Morgan fingerprint density at radius 2 is 2.00 bits per heavy atom. The first-order chi connectivity index (χ1) is 13.6. The largest absolute Gasteiger partial charge is 0.446 e. The van der Waals surface area contributed by atoms with Crippen LogP contribution in [0, 0.1) is 0 Å². The monoisotopic (exact) mass is 393 g/mol. The number of thioether (sulfide) groups is 1. The minimum absolute atomic E-state index is 0.144. The van der Waals surface area contributed by atoms with Crippen LogP contribution in [0.2, 0.25) is 0 Å². The highest BCUT2D eigenvalue weighted by molar-refractivity contribution is 8.14. The number of aromatic nitrogens is 1. The van der Waals surface area contributed by atoms with Crippen molar-refractivity contribution < 1.29 is 9.53 Å². The van der Waals surface area contributed by atoms with Crippen molar-refractivity contribution in [2.24, 2.45) is 10.7 Å². The first kappa shape index (κ1) is 18.6. The molecule has 6 heteroatoms. The molecule has 4 rings (SSSR count). The van der Waals surface area contributed by atoms with Crippen LogP contribution in [0.15, 0.2) is 65.8 Å². The van der Waals surface area contributed by atoms with E-state index in [1.165, 1.54) is 5.56 Å². The summed E-state index contributed by atoms with van der Waals surface area (Å²) in [5.41, 5.74) is 8.72. The number of nitrogens with zero attached hydrogens (tertiary/aromatic N) is 1. The summed E-state index contributed by atoms with van der Waals surface area (Å²) in [5, 5.41) is 2.11. The summed E-state index contributed by atoms with van der Waals surface area (Å²) in [6.07, 6.45) is 1.73. The number of H-pyrrole nitrogens is 1. The quantitative estimate of drug-likeness (QED) is 0.647. The lowest BCUT2D eigenvalue weighted by atomic mass is 9.94. The Bertz CT molecular complexity index is 999. The van der Waals surface area contributed by atoms with Crippen LogP contribution in [-0.4, -0.2) is 34.0 Å². The number of aromatic amines is 1. The van der Waals surface area contributed by atoms with E-state index in [4.69, 9.17) is 15.5 Å². The number of benzene rings is 2. The van der Waals surface area contributed by atoms with Crippen molar-refractivity contribution in [2.45, 2.75) is 31.4 Å². The number of aliphatic imine (C=N–C) groups is 1. The van der Waals surface area contributed by atoms with Gasteiger partial charge in [-0.3, -0.25) is 4.99 Å². The number of ether oxygens (including phenoxy) is 1. The molecule has 1 aliphatic rings. The van der Waals surface area contributed by atoms with Crippen molar-refractivity contribution in [2.75, 3.05) is 5.75 Å². The van der Waals surface area contributed by atoms with Crippen molar-refractivity contribution in [3.63, 3.8) is 0 Å². The Labute approximate surface area is 168 Å². The van der Waals surface area contributed by atoms with Crippen LogP contribution in [0.3, 0.4) is 0 Å². The Morgan fingerprint density at radius 3 is 2.79 bits per heavy atom. The summed E-state index contributed by atoms with van der Waals surface area (Å²) in [7, 11) is 0. The van der Waals surface area contributed by atoms with Crippen LogP contribution in [0.25, 0.3) is 10.9 Å². The minimum atomic E-state index is -0.762. The minimum Gasteiger partial charge on any atom is -0.446 e. The second-order valence-electron chi connectivity index (χ2n) is 7.03. The summed E-state index contributed by atoms with van der Waals surface area (Å²) in [6, 6.07) is 18.7. The molecule has 144 valence electrons. The van der Waals surface area contributed by atoms with Gasteiger partial charge in [-0.1, -0.05) is 48.5 Å². The van der Waals surface area contributed by atoms with Gasteiger partial charge in [0.2, 0.25) is 0 Å². The van der Waals surface area contributed by atoms with Crippen LogP contribution >= 0.6 is 11.8 Å². The van der Waals surface area contributed by atoms with Gasteiger partial charge >= 0.3 is 6.09 Å². The summed E-state index contributed by atoms with van der Waals surface area (Å²) in [4.78, 5) is 19.7. The van der Waals surface area contributed by atoms with Crippen LogP contribution in [0.5, 0.6) is 0 Å². The molecule has 1 amide bonds. The Hall–Kier alpha value is -2.73. The zero-order valence-corrected chi connectivity index (χ0v) is 16.5. The van der Waals surface area contributed by atoms with Crippen LogP contribution in [-0.2, 0) is 11.2 Å². The van der Waals surface area contributed by atoms with Crippen LogP contribution in [0.1, 0.15) is 24.0 Å². The van der Waals surface area contributed by atoms with Gasteiger partial charge in [-0.25, -0.2) is 4.79 Å². The summed E-state index contributed by atoms with van der Waals surface area (Å²) in [6.45, 7) is 1.88. The SMILES string of the molecule is CC(OC(N)=O)C(C1=NC(Cc2ccccc2)CS1)c1c[nH]c2ccccc12. The van der Waals surface area contributed by atoms with Crippen LogP contribution < -0.4 is 5.73 Å². The normalized spacial score (nSPS) is 18.6. The van der Waals surface area contributed by atoms with Gasteiger partial charge in [-0.15, -0.1) is 11.8 Å². The van der Waals surface area contributed by atoms with Crippen molar-refractivity contribution in [1.82, 2.24) is 4.98 Å². The third-order valence-corrected chi connectivity index (χ3v) is 6.25. The highest BCUT2D eigenvalue weighted by Gasteiger charge is 2.33. The molecule has 3 N–H and O–H groups in total. The fraction of sp³-hybridized carbons (Fsp3) is 0.273. The lowest BCUT2D eigenvalue weighted by molar-refractivity contribution is 0.112. The van der Waals surface area contributed by atoms with Crippen molar-refractivity contribution in [3.8, 4) is 0 Å². The van der Waals surface area contributed by atoms with E-state index in [0.29, 0.717) is 0 Å². The third-order valence-electron chi connectivity index (χ3n) is 5.04. The lowest BCUT2D eigenvalue weighted by Crippen LogP contribution is -2.29. The van der Waals surface area contributed by atoms with Gasteiger partial charge < -0.3 is 15.5 Å². The zero-order chi connectivity index (χ0) is 19.5.